The standard InChI is InChI=1S/C17H21F2NS/c1-2-20-16(5-3-6-17-7-4-8-21-17)11-13-9-14(18)12-15(19)10-13/h4,7-10,12,16,20H,2-3,5-6,11H2,1H3. The van der Waals surface area contributed by atoms with E-state index in [9.17, 15) is 8.78 Å². The lowest BCUT2D eigenvalue weighted by Crippen LogP contribution is -2.31. The van der Waals surface area contributed by atoms with Crippen molar-refractivity contribution in [1.29, 1.82) is 0 Å². The number of thiophene rings is 1. The van der Waals surface area contributed by atoms with Crippen LogP contribution in [-0.2, 0) is 12.8 Å². The van der Waals surface area contributed by atoms with Crippen LogP contribution in [0.15, 0.2) is 35.7 Å². The third-order valence-corrected chi connectivity index (χ3v) is 4.39. The van der Waals surface area contributed by atoms with Crippen molar-refractivity contribution in [3.05, 3.63) is 57.8 Å². The van der Waals surface area contributed by atoms with Crippen LogP contribution in [0.25, 0.3) is 0 Å². The summed E-state index contributed by atoms with van der Waals surface area (Å²) in [6, 6.07) is 8.24. The third-order valence-electron chi connectivity index (χ3n) is 3.45. The predicted molar refractivity (Wildman–Crippen MR) is 84.8 cm³/mol. The number of hydrogen-bond acceptors (Lipinski definition) is 2. The van der Waals surface area contributed by atoms with Gasteiger partial charge in [0.25, 0.3) is 0 Å². The van der Waals surface area contributed by atoms with Gasteiger partial charge in [-0.3, -0.25) is 0 Å². The Hall–Kier alpha value is -1.26. The topological polar surface area (TPSA) is 12.0 Å². The second-order valence-electron chi connectivity index (χ2n) is 5.21. The molecule has 0 bridgehead atoms. The van der Waals surface area contributed by atoms with Crippen molar-refractivity contribution in [2.24, 2.45) is 0 Å². The molecule has 1 aromatic carbocycles. The highest BCUT2D eigenvalue weighted by molar-refractivity contribution is 7.09. The lowest BCUT2D eigenvalue weighted by atomic mass is 10.0. The molecular weight excluding hydrogens is 288 g/mol. The van der Waals surface area contributed by atoms with E-state index in [-0.39, 0.29) is 6.04 Å². The second-order valence-corrected chi connectivity index (χ2v) is 6.24. The average molecular weight is 309 g/mol. The zero-order valence-electron chi connectivity index (χ0n) is 12.2. The molecule has 1 N–H and O–H groups in total. The highest BCUT2D eigenvalue weighted by Crippen LogP contribution is 2.16. The van der Waals surface area contributed by atoms with Crippen LogP contribution in [0.5, 0.6) is 0 Å². The van der Waals surface area contributed by atoms with Gasteiger partial charge >= 0.3 is 0 Å². The molecule has 0 aliphatic carbocycles. The minimum absolute atomic E-state index is 0.260. The van der Waals surface area contributed by atoms with Gasteiger partial charge in [0.1, 0.15) is 11.6 Å². The van der Waals surface area contributed by atoms with Crippen LogP contribution in [0.3, 0.4) is 0 Å². The second kappa shape index (κ2) is 8.25. The minimum Gasteiger partial charge on any atom is -0.314 e. The molecule has 0 amide bonds. The Morgan fingerprint density at radius 3 is 2.57 bits per heavy atom. The fraction of sp³-hybridized carbons (Fsp3) is 0.412. The molecule has 1 atom stereocenters. The highest BCUT2D eigenvalue weighted by Gasteiger charge is 2.10. The van der Waals surface area contributed by atoms with Gasteiger partial charge in [-0.1, -0.05) is 13.0 Å². The van der Waals surface area contributed by atoms with E-state index in [1.54, 1.807) is 11.3 Å². The molecular formula is C17H21F2NS. The van der Waals surface area contributed by atoms with Crippen molar-refractivity contribution in [2.75, 3.05) is 6.54 Å². The first-order valence-electron chi connectivity index (χ1n) is 7.38. The molecule has 0 spiro atoms. The molecule has 21 heavy (non-hydrogen) atoms. The summed E-state index contributed by atoms with van der Waals surface area (Å²) in [6.07, 6.45) is 3.81. The maximum atomic E-state index is 13.2. The van der Waals surface area contributed by atoms with Gasteiger partial charge in [-0.2, -0.15) is 0 Å². The molecule has 2 rings (SSSR count). The molecule has 0 aliphatic heterocycles. The lowest BCUT2D eigenvalue weighted by molar-refractivity contribution is 0.474. The molecule has 114 valence electrons. The molecule has 0 fully saturated rings. The average Bonchev–Trinajstić information content (AvgIpc) is 2.91. The molecule has 0 saturated carbocycles. The Kier molecular flexibility index (Phi) is 6.33. The van der Waals surface area contributed by atoms with Gasteiger partial charge < -0.3 is 5.32 Å². The summed E-state index contributed by atoms with van der Waals surface area (Å²) < 4.78 is 26.5. The Balaban J connectivity index is 1.88. The summed E-state index contributed by atoms with van der Waals surface area (Å²) in [5.41, 5.74) is 0.717. The molecule has 0 saturated heterocycles. The summed E-state index contributed by atoms with van der Waals surface area (Å²) in [7, 11) is 0. The van der Waals surface area contributed by atoms with Gasteiger partial charge in [-0.25, -0.2) is 8.78 Å². The van der Waals surface area contributed by atoms with E-state index in [0.29, 0.717) is 6.42 Å². The zero-order chi connectivity index (χ0) is 15.1. The molecule has 1 aromatic heterocycles. The number of likely N-dealkylation sites (N-methyl/N-ethyl adjacent to an activating group) is 1. The fourth-order valence-electron chi connectivity index (χ4n) is 2.56. The first-order valence-corrected chi connectivity index (χ1v) is 8.26. The van der Waals surface area contributed by atoms with Gasteiger partial charge in [0.15, 0.2) is 0 Å². The Labute approximate surface area is 129 Å². The lowest BCUT2D eigenvalue weighted by Gasteiger charge is -2.18. The first-order chi connectivity index (χ1) is 10.2. The fourth-order valence-corrected chi connectivity index (χ4v) is 3.31. The quantitative estimate of drug-likeness (QED) is 0.753. The smallest absolute Gasteiger partial charge is 0.126 e. The van der Waals surface area contributed by atoms with E-state index >= 15 is 0 Å². The summed E-state index contributed by atoms with van der Waals surface area (Å²) in [4.78, 5) is 1.39. The number of halogens is 2. The maximum absolute atomic E-state index is 13.2. The molecule has 0 aliphatic rings. The van der Waals surface area contributed by atoms with Gasteiger partial charge in [0.05, 0.1) is 0 Å². The summed E-state index contributed by atoms with van der Waals surface area (Å²) >= 11 is 1.78. The van der Waals surface area contributed by atoms with E-state index < -0.39 is 11.6 Å². The van der Waals surface area contributed by atoms with Crippen LogP contribution in [0.2, 0.25) is 0 Å². The van der Waals surface area contributed by atoms with E-state index in [1.807, 2.05) is 0 Å². The molecule has 1 unspecified atom stereocenters. The van der Waals surface area contributed by atoms with Crippen molar-refractivity contribution >= 4 is 11.3 Å². The maximum Gasteiger partial charge on any atom is 0.126 e. The van der Waals surface area contributed by atoms with Gasteiger partial charge in [-0.15, -0.1) is 11.3 Å². The van der Waals surface area contributed by atoms with E-state index in [2.05, 4.69) is 29.8 Å². The summed E-state index contributed by atoms with van der Waals surface area (Å²) in [5, 5.41) is 5.50. The normalized spacial score (nSPS) is 12.5. The Morgan fingerprint density at radius 2 is 1.95 bits per heavy atom. The molecule has 1 heterocycles. The highest BCUT2D eigenvalue weighted by atomic mass is 32.1. The monoisotopic (exact) mass is 309 g/mol. The van der Waals surface area contributed by atoms with Crippen LogP contribution in [0, 0.1) is 11.6 Å². The van der Waals surface area contributed by atoms with Gasteiger partial charge in [-0.05, 0) is 61.4 Å². The number of benzene rings is 1. The number of aryl methyl sites for hydroxylation is 1. The Bertz CT molecular complexity index is 519. The van der Waals surface area contributed by atoms with E-state index in [0.717, 1.165) is 37.4 Å². The summed E-state index contributed by atoms with van der Waals surface area (Å²) in [6.45, 7) is 2.92. The van der Waals surface area contributed by atoms with Crippen molar-refractivity contribution < 1.29 is 8.78 Å². The van der Waals surface area contributed by atoms with Gasteiger partial charge in [0.2, 0.25) is 0 Å². The van der Waals surface area contributed by atoms with Crippen LogP contribution in [-0.4, -0.2) is 12.6 Å². The van der Waals surface area contributed by atoms with Crippen LogP contribution in [0.1, 0.15) is 30.2 Å². The molecule has 2 aromatic rings. The third kappa shape index (κ3) is 5.56. The van der Waals surface area contributed by atoms with Crippen molar-refractivity contribution in [1.82, 2.24) is 5.32 Å². The minimum atomic E-state index is -0.501. The van der Waals surface area contributed by atoms with Crippen LogP contribution >= 0.6 is 11.3 Å². The largest absolute Gasteiger partial charge is 0.314 e. The van der Waals surface area contributed by atoms with Crippen molar-refractivity contribution in [3.8, 4) is 0 Å². The SMILES string of the molecule is CCNC(CCCc1cccs1)Cc1cc(F)cc(F)c1. The van der Waals surface area contributed by atoms with Crippen LogP contribution in [0.4, 0.5) is 8.78 Å². The number of nitrogens with one attached hydrogen (secondary N) is 1. The van der Waals surface area contributed by atoms with E-state index in [4.69, 9.17) is 0 Å². The number of rotatable bonds is 8. The summed E-state index contributed by atoms with van der Waals surface area (Å²) in [5.74, 6) is -1.00. The zero-order valence-corrected chi connectivity index (χ0v) is 13.1. The van der Waals surface area contributed by atoms with Crippen molar-refractivity contribution in [2.45, 2.75) is 38.6 Å². The van der Waals surface area contributed by atoms with Crippen LogP contribution < -0.4 is 5.32 Å². The molecule has 1 nitrogen and oxygen atoms in total. The van der Waals surface area contributed by atoms with Crippen molar-refractivity contribution in [3.63, 3.8) is 0 Å². The molecule has 4 heteroatoms. The van der Waals surface area contributed by atoms with E-state index in [1.165, 1.54) is 17.0 Å². The predicted octanol–water partition coefficient (Wildman–Crippen LogP) is 4.57. The molecule has 0 radical (unpaired) electrons. The number of hydrogen-bond donors (Lipinski definition) is 1. The first kappa shape index (κ1) is 16.1. The van der Waals surface area contributed by atoms with Gasteiger partial charge in [0, 0.05) is 17.0 Å². The Morgan fingerprint density at radius 1 is 1.19 bits per heavy atom.